The monoisotopic (exact) mass is 270 g/mol. The molecule has 2 rings (SSSR count). The minimum absolute atomic E-state index is 0.374. The van der Waals surface area contributed by atoms with Gasteiger partial charge in [0, 0.05) is 11.6 Å². The number of carbonyl (C=O) groups excluding carboxylic acids is 2. The summed E-state index contributed by atoms with van der Waals surface area (Å²) < 4.78 is 5.27. The third kappa shape index (κ3) is 3.84. The van der Waals surface area contributed by atoms with Crippen molar-refractivity contribution in [3.8, 4) is 0 Å². The number of rotatable bonds is 3. The molecule has 5 heteroatoms. The lowest BCUT2D eigenvalue weighted by atomic mass is 10.2. The van der Waals surface area contributed by atoms with Gasteiger partial charge < -0.3 is 4.42 Å². The number of hydrazine groups is 1. The topological polar surface area (TPSA) is 71.3 Å². The predicted octanol–water partition coefficient (Wildman–Crippen LogP) is 2.06. The molecule has 0 atom stereocenters. The van der Waals surface area contributed by atoms with Crippen LogP contribution in [0.15, 0.2) is 53.0 Å². The van der Waals surface area contributed by atoms with E-state index in [1.54, 1.807) is 36.4 Å². The summed E-state index contributed by atoms with van der Waals surface area (Å²) in [6.07, 6.45) is 2.81. The van der Waals surface area contributed by atoms with E-state index in [4.69, 9.17) is 4.42 Å². The average molecular weight is 270 g/mol. The summed E-state index contributed by atoms with van der Waals surface area (Å²) in [5, 5.41) is 0. The normalized spacial score (nSPS) is 10.4. The molecule has 0 aliphatic carbocycles. The molecule has 20 heavy (non-hydrogen) atoms. The highest BCUT2D eigenvalue weighted by Gasteiger charge is 2.04. The zero-order valence-corrected chi connectivity index (χ0v) is 10.9. The van der Waals surface area contributed by atoms with Crippen molar-refractivity contribution in [2.24, 2.45) is 0 Å². The van der Waals surface area contributed by atoms with Crippen LogP contribution in [0.25, 0.3) is 6.08 Å². The van der Waals surface area contributed by atoms with Crippen LogP contribution in [-0.4, -0.2) is 11.8 Å². The van der Waals surface area contributed by atoms with E-state index in [0.29, 0.717) is 11.3 Å². The van der Waals surface area contributed by atoms with Gasteiger partial charge >= 0.3 is 0 Å². The number of carbonyl (C=O) groups is 2. The number of amides is 2. The summed E-state index contributed by atoms with van der Waals surface area (Å²) in [5.74, 6) is 0.527. The second-order valence-corrected chi connectivity index (χ2v) is 4.09. The molecular formula is C15H14N2O3. The number of hydrogen-bond donors (Lipinski definition) is 2. The molecule has 0 saturated carbocycles. The fourth-order valence-electron chi connectivity index (χ4n) is 1.52. The Morgan fingerprint density at radius 2 is 1.80 bits per heavy atom. The summed E-state index contributed by atoms with van der Waals surface area (Å²) in [7, 11) is 0. The van der Waals surface area contributed by atoms with Gasteiger partial charge in [0.2, 0.25) is 0 Å². The second kappa shape index (κ2) is 6.38. The molecule has 1 aromatic heterocycles. The Bertz CT molecular complexity index is 630. The fraction of sp³-hybridized carbons (Fsp3) is 0.0667. The van der Waals surface area contributed by atoms with E-state index in [1.807, 2.05) is 13.0 Å². The molecule has 0 radical (unpaired) electrons. The molecule has 0 saturated heterocycles. The van der Waals surface area contributed by atoms with Gasteiger partial charge in [0.25, 0.3) is 11.8 Å². The highest BCUT2D eigenvalue weighted by Crippen LogP contribution is 2.07. The Morgan fingerprint density at radius 3 is 2.45 bits per heavy atom. The zero-order valence-electron chi connectivity index (χ0n) is 10.9. The Labute approximate surface area is 116 Å². The number of furan rings is 1. The Hall–Kier alpha value is -2.82. The van der Waals surface area contributed by atoms with Crippen LogP contribution in [-0.2, 0) is 4.79 Å². The molecule has 0 unspecified atom stereocenters. The number of hydrogen-bond acceptors (Lipinski definition) is 3. The van der Waals surface area contributed by atoms with Gasteiger partial charge in [-0.15, -0.1) is 0 Å². The van der Waals surface area contributed by atoms with Crippen LogP contribution < -0.4 is 10.9 Å². The van der Waals surface area contributed by atoms with E-state index >= 15 is 0 Å². The highest BCUT2D eigenvalue weighted by atomic mass is 16.3. The summed E-state index contributed by atoms with van der Waals surface area (Å²) in [6, 6.07) is 12.2. The van der Waals surface area contributed by atoms with E-state index in [1.165, 1.54) is 12.2 Å². The maximum Gasteiger partial charge on any atom is 0.269 e. The van der Waals surface area contributed by atoms with Crippen LogP contribution in [0, 0.1) is 6.92 Å². The molecular weight excluding hydrogens is 256 g/mol. The SMILES string of the molecule is Cc1ccc(/C=C/C(=O)NNC(=O)c2ccccc2)o1. The number of aryl methyl sites for hydroxylation is 1. The van der Waals surface area contributed by atoms with Crippen LogP contribution in [0.1, 0.15) is 21.9 Å². The van der Waals surface area contributed by atoms with Crippen molar-refractivity contribution in [1.29, 1.82) is 0 Å². The minimum atomic E-state index is -0.441. The fourth-order valence-corrected chi connectivity index (χ4v) is 1.52. The van der Waals surface area contributed by atoms with Crippen molar-refractivity contribution in [1.82, 2.24) is 10.9 Å². The largest absolute Gasteiger partial charge is 0.462 e. The lowest BCUT2D eigenvalue weighted by Crippen LogP contribution is -2.40. The van der Waals surface area contributed by atoms with Gasteiger partial charge in [-0.25, -0.2) is 0 Å². The van der Waals surface area contributed by atoms with Crippen LogP contribution in [0.3, 0.4) is 0 Å². The predicted molar refractivity (Wildman–Crippen MR) is 74.5 cm³/mol. The van der Waals surface area contributed by atoms with Gasteiger partial charge in [0.05, 0.1) is 0 Å². The smallest absolute Gasteiger partial charge is 0.269 e. The molecule has 1 aromatic carbocycles. The number of nitrogens with one attached hydrogen (secondary N) is 2. The van der Waals surface area contributed by atoms with Crippen LogP contribution in [0.5, 0.6) is 0 Å². The molecule has 0 bridgehead atoms. The van der Waals surface area contributed by atoms with Gasteiger partial charge in [0.15, 0.2) is 0 Å². The molecule has 2 N–H and O–H groups in total. The van der Waals surface area contributed by atoms with Gasteiger partial charge in [-0.2, -0.15) is 0 Å². The van der Waals surface area contributed by atoms with E-state index in [-0.39, 0.29) is 5.91 Å². The molecule has 0 fully saturated rings. The van der Waals surface area contributed by atoms with Gasteiger partial charge in [-0.3, -0.25) is 20.4 Å². The molecule has 0 aliphatic heterocycles. The molecule has 2 aromatic rings. The number of benzene rings is 1. The third-order valence-electron chi connectivity index (χ3n) is 2.50. The lowest BCUT2D eigenvalue weighted by molar-refractivity contribution is -0.117. The first-order valence-corrected chi connectivity index (χ1v) is 6.05. The Morgan fingerprint density at radius 1 is 1.05 bits per heavy atom. The Balaban J connectivity index is 1.83. The van der Waals surface area contributed by atoms with Crippen LogP contribution in [0.4, 0.5) is 0 Å². The molecule has 102 valence electrons. The Kier molecular flexibility index (Phi) is 4.34. The van der Waals surface area contributed by atoms with Gasteiger partial charge in [-0.05, 0) is 37.3 Å². The van der Waals surface area contributed by atoms with Crippen molar-refractivity contribution in [3.05, 3.63) is 65.6 Å². The quantitative estimate of drug-likeness (QED) is 0.662. The average Bonchev–Trinajstić information content (AvgIpc) is 2.89. The molecule has 5 nitrogen and oxygen atoms in total. The van der Waals surface area contributed by atoms with Crippen molar-refractivity contribution in [2.45, 2.75) is 6.92 Å². The first-order valence-electron chi connectivity index (χ1n) is 6.05. The first-order chi connectivity index (χ1) is 9.65. The molecule has 1 heterocycles. The standard InChI is InChI=1S/C15H14N2O3/c1-11-7-8-13(20-11)9-10-14(18)16-17-15(19)12-5-3-2-4-6-12/h2-10H,1H3,(H,16,18)(H,17,19)/b10-9+. The second-order valence-electron chi connectivity index (χ2n) is 4.09. The van der Waals surface area contributed by atoms with Crippen molar-refractivity contribution >= 4 is 17.9 Å². The summed E-state index contributed by atoms with van der Waals surface area (Å²) in [6.45, 7) is 1.82. The van der Waals surface area contributed by atoms with E-state index in [0.717, 1.165) is 5.76 Å². The van der Waals surface area contributed by atoms with Crippen molar-refractivity contribution < 1.29 is 14.0 Å². The van der Waals surface area contributed by atoms with E-state index < -0.39 is 5.91 Å². The van der Waals surface area contributed by atoms with E-state index in [9.17, 15) is 9.59 Å². The summed E-state index contributed by atoms with van der Waals surface area (Å²) in [5.41, 5.74) is 5.08. The minimum Gasteiger partial charge on any atom is -0.462 e. The maximum absolute atomic E-state index is 11.7. The molecule has 0 spiro atoms. The van der Waals surface area contributed by atoms with Gasteiger partial charge in [-0.1, -0.05) is 18.2 Å². The van der Waals surface area contributed by atoms with Crippen LogP contribution >= 0.6 is 0 Å². The van der Waals surface area contributed by atoms with E-state index in [2.05, 4.69) is 10.9 Å². The maximum atomic E-state index is 11.7. The third-order valence-corrected chi connectivity index (χ3v) is 2.50. The van der Waals surface area contributed by atoms with Crippen LogP contribution in [0.2, 0.25) is 0 Å². The highest BCUT2D eigenvalue weighted by molar-refractivity contribution is 5.97. The summed E-state index contributed by atoms with van der Waals surface area (Å²) >= 11 is 0. The zero-order chi connectivity index (χ0) is 14.4. The summed E-state index contributed by atoms with van der Waals surface area (Å²) in [4.78, 5) is 23.2. The molecule has 2 amide bonds. The van der Waals surface area contributed by atoms with Crippen molar-refractivity contribution in [2.75, 3.05) is 0 Å². The van der Waals surface area contributed by atoms with Crippen molar-refractivity contribution in [3.63, 3.8) is 0 Å². The lowest BCUT2D eigenvalue weighted by Gasteiger charge is -2.04. The molecule has 0 aliphatic rings. The van der Waals surface area contributed by atoms with Gasteiger partial charge in [0.1, 0.15) is 11.5 Å². The first kappa shape index (κ1) is 13.6.